The van der Waals surface area contributed by atoms with Gasteiger partial charge in [-0.25, -0.2) is 4.98 Å². The van der Waals surface area contributed by atoms with E-state index >= 15 is 0 Å². The van der Waals surface area contributed by atoms with E-state index in [4.69, 9.17) is 5.26 Å². The van der Waals surface area contributed by atoms with Crippen LogP contribution in [-0.2, 0) is 0 Å². The lowest BCUT2D eigenvalue weighted by Crippen LogP contribution is -1.99. The second-order valence-electron chi connectivity index (χ2n) is 6.08. The van der Waals surface area contributed by atoms with Crippen LogP contribution in [0.4, 0.5) is 0 Å². The molecule has 3 aromatic rings. The zero-order valence-corrected chi connectivity index (χ0v) is 12.5. The van der Waals surface area contributed by atoms with Crippen molar-refractivity contribution in [3.05, 3.63) is 53.9 Å². The molecule has 1 saturated carbocycles. The molecule has 0 unspecified atom stereocenters. The fraction of sp³-hybridized carbons (Fsp3) is 0.211. The SMILES string of the molecule is N#Cc1c[nH]c2ncc(-c3ccc(C(=O)CC4CC4)cc3)cc12. The lowest BCUT2D eigenvalue weighted by atomic mass is 10.0. The normalized spacial score (nSPS) is 13.9. The van der Waals surface area contributed by atoms with Crippen LogP contribution in [0.3, 0.4) is 0 Å². The van der Waals surface area contributed by atoms with Crippen molar-refractivity contribution in [3.63, 3.8) is 0 Å². The van der Waals surface area contributed by atoms with Gasteiger partial charge in [0.2, 0.25) is 0 Å². The van der Waals surface area contributed by atoms with Gasteiger partial charge in [-0.1, -0.05) is 24.3 Å². The van der Waals surface area contributed by atoms with Crippen molar-refractivity contribution in [1.82, 2.24) is 9.97 Å². The number of nitriles is 1. The maximum atomic E-state index is 12.1. The summed E-state index contributed by atoms with van der Waals surface area (Å²) in [6.07, 6.45) is 6.49. The van der Waals surface area contributed by atoms with Gasteiger partial charge in [-0.3, -0.25) is 4.79 Å². The summed E-state index contributed by atoms with van der Waals surface area (Å²) < 4.78 is 0. The smallest absolute Gasteiger partial charge is 0.163 e. The molecule has 1 fully saturated rings. The number of H-pyrrole nitrogens is 1. The summed E-state index contributed by atoms with van der Waals surface area (Å²) in [6, 6.07) is 11.8. The Morgan fingerprint density at radius 3 is 2.74 bits per heavy atom. The Hall–Kier alpha value is -2.93. The predicted octanol–water partition coefficient (Wildman–Crippen LogP) is 4.08. The van der Waals surface area contributed by atoms with E-state index in [9.17, 15) is 4.79 Å². The monoisotopic (exact) mass is 301 g/mol. The van der Waals surface area contributed by atoms with Crippen LogP contribution in [0, 0.1) is 17.2 Å². The summed E-state index contributed by atoms with van der Waals surface area (Å²) in [5.74, 6) is 0.830. The number of aromatic amines is 1. The van der Waals surface area contributed by atoms with Gasteiger partial charge in [-0.15, -0.1) is 0 Å². The number of hydrogen-bond donors (Lipinski definition) is 1. The average molecular weight is 301 g/mol. The van der Waals surface area contributed by atoms with E-state index in [1.807, 2.05) is 30.3 Å². The number of fused-ring (bicyclic) bond motifs is 1. The number of pyridine rings is 1. The van der Waals surface area contributed by atoms with Crippen molar-refractivity contribution in [3.8, 4) is 17.2 Å². The van der Waals surface area contributed by atoms with Crippen LogP contribution in [-0.4, -0.2) is 15.8 Å². The van der Waals surface area contributed by atoms with E-state index in [1.54, 1.807) is 12.4 Å². The van der Waals surface area contributed by atoms with Crippen LogP contribution < -0.4 is 0 Å². The number of hydrogen-bond acceptors (Lipinski definition) is 3. The summed E-state index contributed by atoms with van der Waals surface area (Å²) >= 11 is 0. The molecule has 0 saturated heterocycles. The van der Waals surface area contributed by atoms with Crippen LogP contribution in [0.1, 0.15) is 35.2 Å². The van der Waals surface area contributed by atoms with Gasteiger partial charge >= 0.3 is 0 Å². The first kappa shape index (κ1) is 13.7. The zero-order valence-electron chi connectivity index (χ0n) is 12.5. The number of aromatic nitrogens is 2. The maximum Gasteiger partial charge on any atom is 0.163 e. The van der Waals surface area contributed by atoms with E-state index in [0.29, 0.717) is 23.5 Å². The maximum absolute atomic E-state index is 12.1. The van der Waals surface area contributed by atoms with Crippen molar-refractivity contribution in [1.29, 1.82) is 5.26 Å². The molecule has 0 amide bonds. The number of ketones is 1. The fourth-order valence-corrected chi connectivity index (χ4v) is 2.80. The van der Waals surface area contributed by atoms with E-state index in [0.717, 1.165) is 22.1 Å². The van der Waals surface area contributed by atoms with Crippen LogP contribution in [0.2, 0.25) is 0 Å². The minimum atomic E-state index is 0.227. The summed E-state index contributed by atoms with van der Waals surface area (Å²) in [7, 11) is 0. The lowest BCUT2D eigenvalue weighted by Gasteiger charge is -2.04. The Labute approximate surface area is 133 Å². The molecule has 4 heteroatoms. The van der Waals surface area contributed by atoms with Crippen LogP contribution in [0.15, 0.2) is 42.7 Å². The Morgan fingerprint density at radius 1 is 1.26 bits per heavy atom. The minimum absolute atomic E-state index is 0.227. The van der Waals surface area contributed by atoms with Crippen LogP contribution in [0.25, 0.3) is 22.2 Å². The third kappa shape index (κ3) is 2.62. The highest BCUT2D eigenvalue weighted by Gasteiger charge is 2.24. The number of benzene rings is 1. The third-order valence-corrected chi connectivity index (χ3v) is 4.36. The van der Waals surface area contributed by atoms with E-state index < -0.39 is 0 Å². The van der Waals surface area contributed by atoms with Gasteiger partial charge in [0, 0.05) is 35.3 Å². The molecule has 1 N–H and O–H groups in total. The number of carbonyl (C=O) groups is 1. The van der Waals surface area contributed by atoms with Gasteiger partial charge in [0.15, 0.2) is 5.78 Å². The molecule has 1 aliphatic carbocycles. The number of nitrogens with one attached hydrogen (secondary N) is 1. The van der Waals surface area contributed by atoms with Gasteiger partial charge in [0.1, 0.15) is 11.7 Å². The second kappa shape index (κ2) is 5.36. The lowest BCUT2D eigenvalue weighted by molar-refractivity contribution is 0.0976. The molecular weight excluding hydrogens is 286 g/mol. The topological polar surface area (TPSA) is 69.5 Å². The molecule has 4 nitrogen and oxygen atoms in total. The van der Waals surface area contributed by atoms with Gasteiger partial charge in [0.05, 0.1) is 5.56 Å². The van der Waals surface area contributed by atoms with Crippen molar-refractivity contribution in [2.24, 2.45) is 5.92 Å². The Morgan fingerprint density at radius 2 is 2.04 bits per heavy atom. The molecule has 0 radical (unpaired) electrons. The van der Waals surface area contributed by atoms with Gasteiger partial charge in [0.25, 0.3) is 0 Å². The molecule has 0 bridgehead atoms. The first-order chi connectivity index (χ1) is 11.2. The number of carbonyl (C=O) groups excluding carboxylic acids is 1. The van der Waals surface area contributed by atoms with Crippen molar-refractivity contribution in [2.75, 3.05) is 0 Å². The van der Waals surface area contributed by atoms with Crippen molar-refractivity contribution < 1.29 is 4.79 Å². The van der Waals surface area contributed by atoms with Crippen LogP contribution >= 0.6 is 0 Å². The quantitative estimate of drug-likeness (QED) is 0.738. The third-order valence-electron chi connectivity index (χ3n) is 4.36. The first-order valence-corrected chi connectivity index (χ1v) is 7.75. The van der Waals surface area contributed by atoms with Crippen molar-refractivity contribution >= 4 is 16.8 Å². The molecule has 0 spiro atoms. The molecule has 23 heavy (non-hydrogen) atoms. The molecule has 1 aliphatic rings. The number of Topliss-reactive ketones (excluding diaryl/α,β-unsaturated/α-hetero) is 1. The number of rotatable bonds is 4. The van der Waals surface area contributed by atoms with Gasteiger partial charge in [-0.05, 0) is 30.4 Å². The summed E-state index contributed by atoms with van der Waals surface area (Å²) in [6.45, 7) is 0. The summed E-state index contributed by atoms with van der Waals surface area (Å²) in [4.78, 5) is 19.5. The van der Waals surface area contributed by atoms with Gasteiger partial charge < -0.3 is 4.98 Å². The molecule has 0 aliphatic heterocycles. The highest BCUT2D eigenvalue weighted by atomic mass is 16.1. The highest BCUT2D eigenvalue weighted by Crippen LogP contribution is 2.33. The Kier molecular flexibility index (Phi) is 3.20. The van der Waals surface area contributed by atoms with Crippen LogP contribution in [0.5, 0.6) is 0 Å². The largest absolute Gasteiger partial charge is 0.345 e. The first-order valence-electron chi connectivity index (χ1n) is 7.75. The average Bonchev–Trinajstić information content (AvgIpc) is 3.31. The Balaban J connectivity index is 1.64. The molecule has 0 atom stereocenters. The molecular formula is C19H15N3O. The Bertz CT molecular complexity index is 927. The van der Waals surface area contributed by atoms with E-state index in [-0.39, 0.29) is 5.78 Å². The molecule has 2 heterocycles. The van der Waals surface area contributed by atoms with E-state index in [1.165, 1.54) is 12.8 Å². The summed E-state index contributed by atoms with van der Waals surface area (Å²) in [5, 5.41) is 9.94. The van der Waals surface area contributed by atoms with Gasteiger partial charge in [-0.2, -0.15) is 5.26 Å². The molecule has 112 valence electrons. The summed E-state index contributed by atoms with van der Waals surface area (Å²) in [5.41, 5.74) is 4.00. The standard InChI is InChI=1S/C19H15N3O/c20-9-16-11-22-19-17(16)8-15(10-21-19)13-3-5-14(6-4-13)18(23)7-12-1-2-12/h3-6,8,10-12H,1-2,7H2,(H,21,22). The van der Waals surface area contributed by atoms with E-state index in [2.05, 4.69) is 16.0 Å². The molecule has 1 aromatic carbocycles. The fourth-order valence-electron chi connectivity index (χ4n) is 2.80. The minimum Gasteiger partial charge on any atom is -0.345 e. The highest BCUT2D eigenvalue weighted by molar-refractivity contribution is 5.97. The zero-order chi connectivity index (χ0) is 15.8. The molecule has 4 rings (SSSR count). The predicted molar refractivity (Wildman–Crippen MR) is 87.9 cm³/mol. The van der Waals surface area contributed by atoms with Crippen molar-refractivity contribution in [2.45, 2.75) is 19.3 Å². The number of nitrogens with zero attached hydrogens (tertiary/aromatic N) is 2. The molecule has 2 aromatic heterocycles. The second-order valence-corrected chi connectivity index (χ2v) is 6.08.